The SMILES string of the molecule is CCNC(=O)CN(CCOC)CC(=O)N(C)C. The van der Waals surface area contributed by atoms with Gasteiger partial charge in [-0.1, -0.05) is 0 Å². The lowest BCUT2D eigenvalue weighted by atomic mass is 10.4. The van der Waals surface area contributed by atoms with Crippen molar-refractivity contribution in [3.05, 3.63) is 0 Å². The number of nitrogens with one attached hydrogen (secondary N) is 1. The Morgan fingerprint density at radius 1 is 1.24 bits per heavy atom. The number of rotatable bonds is 8. The fourth-order valence-corrected chi connectivity index (χ4v) is 1.22. The van der Waals surface area contributed by atoms with Gasteiger partial charge in [0.25, 0.3) is 0 Å². The van der Waals surface area contributed by atoms with Gasteiger partial charge >= 0.3 is 0 Å². The molecule has 0 aliphatic heterocycles. The first-order valence-electron chi connectivity index (χ1n) is 5.69. The van der Waals surface area contributed by atoms with Crippen molar-refractivity contribution in [3.63, 3.8) is 0 Å². The number of carbonyl (C=O) groups excluding carboxylic acids is 2. The molecule has 0 rings (SSSR count). The second-order valence-electron chi connectivity index (χ2n) is 3.95. The molecule has 6 nitrogen and oxygen atoms in total. The third-order valence-electron chi connectivity index (χ3n) is 2.21. The maximum Gasteiger partial charge on any atom is 0.236 e. The number of carbonyl (C=O) groups is 2. The van der Waals surface area contributed by atoms with Crippen LogP contribution in [0.1, 0.15) is 6.92 Å². The van der Waals surface area contributed by atoms with Crippen molar-refractivity contribution >= 4 is 11.8 Å². The minimum Gasteiger partial charge on any atom is -0.383 e. The molecule has 100 valence electrons. The summed E-state index contributed by atoms with van der Waals surface area (Å²) in [5.74, 6) is -0.0967. The van der Waals surface area contributed by atoms with E-state index in [2.05, 4.69) is 5.32 Å². The van der Waals surface area contributed by atoms with Gasteiger partial charge in [-0.15, -0.1) is 0 Å². The molecule has 0 saturated heterocycles. The molecule has 1 N–H and O–H groups in total. The Morgan fingerprint density at radius 3 is 2.35 bits per heavy atom. The summed E-state index contributed by atoms with van der Waals surface area (Å²) in [7, 11) is 4.99. The number of nitrogens with zero attached hydrogens (tertiary/aromatic N) is 2. The quantitative estimate of drug-likeness (QED) is 0.605. The average molecular weight is 245 g/mol. The van der Waals surface area contributed by atoms with Crippen LogP contribution in [0.25, 0.3) is 0 Å². The normalized spacial score (nSPS) is 10.4. The van der Waals surface area contributed by atoms with E-state index in [0.29, 0.717) is 19.7 Å². The Hall–Kier alpha value is -1.14. The minimum atomic E-state index is -0.0739. The molecule has 0 spiro atoms. The van der Waals surface area contributed by atoms with E-state index >= 15 is 0 Å². The molecule has 6 heteroatoms. The number of ether oxygens (including phenoxy) is 1. The molecule has 0 atom stereocenters. The van der Waals surface area contributed by atoms with Crippen LogP contribution >= 0.6 is 0 Å². The number of hydrogen-bond donors (Lipinski definition) is 1. The average Bonchev–Trinajstić information content (AvgIpc) is 2.25. The van der Waals surface area contributed by atoms with E-state index in [0.717, 1.165) is 0 Å². The van der Waals surface area contributed by atoms with Gasteiger partial charge in [0.2, 0.25) is 11.8 Å². The molecule has 0 aromatic carbocycles. The smallest absolute Gasteiger partial charge is 0.236 e. The molecule has 0 aliphatic carbocycles. The first kappa shape index (κ1) is 15.9. The molecule has 0 unspecified atom stereocenters. The van der Waals surface area contributed by atoms with E-state index in [1.807, 2.05) is 6.92 Å². The molecule has 0 saturated carbocycles. The van der Waals surface area contributed by atoms with Gasteiger partial charge in [0.1, 0.15) is 0 Å². The zero-order valence-electron chi connectivity index (χ0n) is 11.2. The lowest BCUT2D eigenvalue weighted by Gasteiger charge is -2.22. The molecule has 0 fully saturated rings. The Morgan fingerprint density at radius 2 is 1.88 bits per heavy atom. The van der Waals surface area contributed by atoms with Crippen LogP contribution in [-0.2, 0) is 14.3 Å². The number of likely N-dealkylation sites (N-methyl/N-ethyl adjacent to an activating group) is 2. The van der Waals surface area contributed by atoms with E-state index in [-0.39, 0.29) is 24.9 Å². The molecular weight excluding hydrogens is 222 g/mol. The summed E-state index contributed by atoms with van der Waals surface area (Å²) >= 11 is 0. The van der Waals surface area contributed by atoms with Crippen molar-refractivity contribution in [1.29, 1.82) is 0 Å². The van der Waals surface area contributed by atoms with Crippen LogP contribution < -0.4 is 5.32 Å². The predicted molar refractivity (Wildman–Crippen MR) is 65.7 cm³/mol. The highest BCUT2D eigenvalue weighted by molar-refractivity contribution is 5.80. The highest BCUT2D eigenvalue weighted by Gasteiger charge is 2.14. The molecule has 2 amide bonds. The van der Waals surface area contributed by atoms with Crippen molar-refractivity contribution in [2.24, 2.45) is 0 Å². The lowest BCUT2D eigenvalue weighted by molar-refractivity contribution is -0.131. The van der Waals surface area contributed by atoms with Crippen LogP contribution in [0.4, 0.5) is 0 Å². The Kier molecular flexibility index (Phi) is 8.35. The first-order chi connectivity index (χ1) is 8.01. The van der Waals surface area contributed by atoms with Crippen LogP contribution in [0, 0.1) is 0 Å². The summed E-state index contributed by atoms with van der Waals surface area (Å²) in [6.45, 7) is 3.97. The highest BCUT2D eigenvalue weighted by Crippen LogP contribution is 1.91. The van der Waals surface area contributed by atoms with Gasteiger partial charge < -0.3 is 15.0 Å². The highest BCUT2D eigenvalue weighted by atomic mass is 16.5. The molecule has 17 heavy (non-hydrogen) atoms. The first-order valence-corrected chi connectivity index (χ1v) is 5.69. The van der Waals surface area contributed by atoms with Crippen molar-refractivity contribution in [3.8, 4) is 0 Å². The van der Waals surface area contributed by atoms with Crippen molar-refractivity contribution in [2.45, 2.75) is 6.92 Å². The molecule has 0 radical (unpaired) electrons. The van der Waals surface area contributed by atoms with Crippen molar-refractivity contribution in [1.82, 2.24) is 15.1 Å². The number of methoxy groups -OCH3 is 1. The fourth-order valence-electron chi connectivity index (χ4n) is 1.22. The maximum atomic E-state index is 11.6. The van der Waals surface area contributed by atoms with Crippen LogP contribution in [0.15, 0.2) is 0 Å². The van der Waals surface area contributed by atoms with Gasteiger partial charge in [-0.25, -0.2) is 0 Å². The molecule has 0 aromatic heterocycles. The zero-order valence-corrected chi connectivity index (χ0v) is 11.2. The number of hydrogen-bond acceptors (Lipinski definition) is 4. The third kappa shape index (κ3) is 7.70. The maximum absolute atomic E-state index is 11.6. The van der Waals surface area contributed by atoms with Gasteiger partial charge in [0, 0.05) is 34.3 Å². The van der Waals surface area contributed by atoms with Crippen molar-refractivity contribution < 1.29 is 14.3 Å². The van der Waals surface area contributed by atoms with Gasteiger partial charge in [-0.3, -0.25) is 14.5 Å². The van der Waals surface area contributed by atoms with E-state index in [1.54, 1.807) is 26.1 Å². The largest absolute Gasteiger partial charge is 0.383 e. The standard InChI is InChI=1S/C11H23N3O3/c1-5-12-10(15)8-14(6-7-17-4)9-11(16)13(2)3/h5-9H2,1-4H3,(H,12,15). The Balaban J connectivity index is 4.22. The van der Waals surface area contributed by atoms with E-state index in [1.165, 1.54) is 4.90 Å². The topological polar surface area (TPSA) is 61.9 Å². The van der Waals surface area contributed by atoms with Gasteiger partial charge in [0.15, 0.2) is 0 Å². The number of amides is 2. The van der Waals surface area contributed by atoms with Gasteiger partial charge in [-0.05, 0) is 6.92 Å². The third-order valence-corrected chi connectivity index (χ3v) is 2.21. The Labute approximate surface area is 103 Å². The van der Waals surface area contributed by atoms with E-state index < -0.39 is 0 Å². The molecule has 0 bridgehead atoms. The Bertz CT molecular complexity index is 244. The van der Waals surface area contributed by atoms with Crippen LogP contribution in [0.2, 0.25) is 0 Å². The minimum absolute atomic E-state index is 0.0228. The molecule has 0 aromatic rings. The van der Waals surface area contributed by atoms with Gasteiger partial charge in [0.05, 0.1) is 19.7 Å². The monoisotopic (exact) mass is 245 g/mol. The summed E-state index contributed by atoms with van der Waals surface area (Å²) in [5, 5.41) is 2.71. The van der Waals surface area contributed by atoms with Crippen LogP contribution in [0.5, 0.6) is 0 Å². The zero-order chi connectivity index (χ0) is 13.3. The summed E-state index contributed by atoms with van der Waals surface area (Å²) in [6, 6.07) is 0. The second kappa shape index (κ2) is 8.95. The summed E-state index contributed by atoms with van der Waals surface area (Å²) in [6.07, 6.45) is 0. The van der Waals surface area contributed by atoms with Crippen molar-refractivity contribution in [2.75, 3.05) is 54.0 Å². The van der Waals surface area contributed by atoms with Crippen LogP contribution in [-0.4, -0.2) is 75.6 Å². The summed E-state index contributed by atoms with van der Waals surface area (Å²) < 4.78 is 4.96. The lowest BCUT2D eigenvalue weighted by Crippen LogP contribution is -2.43. The predicted octanol–water partition coefficient (Wildman–Crippen LogP) is -0.841. The van der Waals surface area contributed by atoms with Crippen LogP contribution in [0.3, 0.4) is 0 Å². The molecule has 0 aliphatic rings. The van der Waals surface area contributed by atoms with E-state index in [4.69, 9.17) is 4.74 Å². The fraction of sp³-hybridized carbons (Fsp3) is 0.818. The second-order valence-corrected chi connectivity index (χ2v) is 3.95. The van der Waals surface area contributed by atoms with E-state index in [9.17, 15) is 9.59 Å². The summed E-state index contributed by atoms with van der Waals surface area (Å²) in [4.78, 5) is 26.3. The van der Waals surface area contributed by atoms with Gasteiger partial charge in [-0.2, -0.15) is 0 Å². The molecular formula is C11H23N3O3. The summed E-state index contributed by atoms with van der Waals surface area (Å²) in [5.41, 5.74) is 0. The molecule has 0 heterocycles.